The Morgan fingerprint density at radius 1 is 1.26 bits per heavy atom. The van der Waals surface area contributed by atoms with Crippen molar-refractivity contribution in [3.05, 3.63) is 69.6 Å². The molecule has 3 unspecified atom stereocenters. The fourth-order valence-corrected chi connectivity index (χ4v) is 5.65. The second kappa shape index (κ2) is 9.79. The molecular formula is C24H25ClN2O3S. The minimum absolute atomic E-state index is 0.00442. The van der Waals surface area contributed by atoms with Crippen molar-refractivity contribution in [3.63, 3.8) is 0 Å². The highest BCUT2D eigenvalue weighted by Crippen LogP contribution is 2.40. The maximum atomic E-state index is 12.8. The second-order valence-corrected chi connectivity index (χ2v) is 9.56. The molecule has 2 N–H and O–H groups in total. The quantitative estimate of drug-likeness (QED) is 0.654. The zero-order chi connectivity index (χ0) is 21.8. The molecule has 3 atom stereocenters. The van der Waals surface area contributed by atoms with Gasteiger partial charge in [-0.05, 0) is 49.1 Å². The van der Waals surface area contributed by atoms with Gasteiger partial charge in [0.25, 0.3) is 5.91 Å². The molecule has 1 heterocycles. The maximum Gasteiger partial charge on any atom is 0.257 e. The molecule has 162 valence electrons. The summed E-state index contributed by atoms with van der Waals surface area (Å²) in [6.07, 6.45) is 4.24. The van der Waals surface area contributed by atoms with E-state index in [4.69, 9.17) is 16.3 Å². The van der Waals surface area contributed by atoms with Gasteiger partial charge in [0.05, 0.1) is 12.0 Å². The lowest BCUT2D eigenvalue weighted by Crippen LogP contribution is -2.51. The molecule has 1 aliphatic carbocycles. The number of amides is 2. The Morgan fingerprint density at radius 2 is 2.10 bits per heavy atom. The van der Waals surface area contributed by atoms with E-state index in [0.717, 1.165) is 29.7 Å². The van der Waals surface area contributed by atoms with Crippen LogP contribution in [0.4, 0.5) is 0 Å². The fourth-order valence-electron chi connectivity index (χ4n) is 4.15. The number of para-hydroxylation sites is 1. The first kappa shape index (κ1) is 21.8. The Labute approximate surface area is 191 Å². The second-order valence-electron chi connectivity index (χ2n) is 7.84. The number of fused-ring (bicyclic) bond motifs is 1. The molecule has 1 saturated carbocycles. The van der Waals surface area contributed by atoms with Crippen LogP contribution in [0.2, 0.25) is 5.02 Å². The molecule has 2 fully saturated rings. The van der Waals surface area contributed by atoms with E-state index in [1.165, 1.54) is 0 Å². The molecular weight excluding hydrogens is 432 g/mol. The molecule has 2 aromatic rings. The van der Waals surface area contributed by atoms with Crippen molar-refractivity contribution in [2.75, 3.05) is 7.11 Å². The van der Waals surface area contributed by atoms with Crippen LogP contribution in [-0.2, 0) is 16.1 Å². The summed E-state index contributed by atoms with van der Waals surface area (Å²) in [4.78, 5) is 26.1. The summed E-state index contributed by atoms with van der Waals surface area (Å²) in [5.74, 6) is 0.613. The van der Waals surface area contributed by atoms with Gasteiger partial charge in [0.1, 0.15) is 5.75 Å². The smallest absolute Gasteiger partial charge is 0.257 e. The lowest BCUT2D eigenvalue weighted by atomic mass is 9.84. The van der Waals surface area contributed by atoms with Gasteiger partial charge in [0, 0.05) is 34.3 Å². The van der Waals surface area contributed by atoms with Crippen LogP contribution in [0.3, 0.4) is 0 Å². The molecule has 2 aliphatic rings. The molecule has 1 saturated heterocycles. The molecule has 2 amide bonds. The van der Waals surface area contributed by atoms with E-state index in [9.17, 15) is 9.59 Å². The molecule has 31 heavy (non-hydrogen) atoms. The number of carbonyl (C=O) groups is 2. The van der Waals surface area contributed by atoms with Gasteiger partial charge < -0.3 is 15.4 Å². The maximum absolute atomic E-state index is 12.8. The number of ether oxygens (including phenoxy) is 1. The molecule has 0 radical (unpaired) electrons. The van der Waals surface area contributed by atoms with E-state index in [1.54, 1.807) is 18.9 Å². The SMILES string of the molecule is COc1ccccc1CNC(=O)C1CCC2S/C(=C/c3cccc(Cl)c3)C(=O)NC2C1. The fraction of sp³-hybridized carbons (Fsp3) is 0.333. The van der Waals surface area contributed by atoms with Crippen molar-refractivity contribution in [2.24, 2.45) is 5.92 Å². The van der Waals surface area contributed by atoms with Crippen LogP contribution in [0.5, 0.6) is 5.75 Å². The normalized spacial score (nSPS) is 24.3. The summed E-state index contributed by atoms with van der Waals surface area (Å²) in [5, 5.41) is 7.08. The first-order valence-electron chi connectivity index (χ1n) is 10.4. The number of rotatable bonds is 5. The molecule has 5 nitrogen and oxygen atoms in total. The minimum Gasteiger partial charge on any atom is -0.496 e. The Morgan fingerprint density at radius 3 is 2.90 bits per heavy atom. The Hall–Kier alpha value is -2.44. The lowest BCUT2D eigenvalue weighted by Gasteiger charge is -2.39. The highest BCUT2D eigenvalue weighted by atomic mass is 35.5. The van der Waals surface area contributed by atoms with Gasteiger partial charge in [-0.25, -0.2) is 0 Å². The van der Waals surface area contributed by atoms with Crippen LogP contribution >= 0.6 is 23.4 Å². The highest BCUT2D eigenvalue weighted by molar-refractivity contribution is 8.04. The Kier molecular flexibility index (Phi) is 6.88. The van der Waals surface area contributed by atoms with E-state index in [-0.39, 0.29) is 29.0 Å². The van der Waals surface area contributed by atoms with Crippen molar-refractivity contribution in [2.45, 2.75) is 37.1 Å². The molecule has 2 aromatic carbocycles. The summed E-state index contributed by atoms with van der Waals surface area (Å²) in [6.45, 7) is 0.432. The van der Waals surface area contributed by atoms with Crippen molar-refractivity contribution in [3.8, 4) is 5.75 Å². The summed E-state index contributed by atoms with van der Waals surface area (Å²) in [6, 6.07) is 15.1. The average molecular weight is 457 g/mol. The van der Waals surface area contributed by atoms with Crippen molar-refractivity contribution in [1.82, 2.24) is 10.6 Å². The van der Waals surface area contributed by atoms with Crippen molar-refractivity contribution in [1.29, 1.82) is 0 Å². The van der Waals surface area contributed by atoms with Crippen LogP contribution in [0.1, 0.15) is 30.4 Å². The van der Waals surface area contributed by atoms with Gasteiger partial charge in [-0.15, -0.1) is 11.8 Å². The lowest BCUT2D eigenvalue weighted by molar-refractivity contribution is -0.127. The number of benzene rings is 2. The first-order chi connectivity index (χ1) is 15.0. The van der Waals surface area contributed by atoms with Gasteiger partial charge >= 0.3 is 0 Å². The first-order valence-corrected chi connectivity index (χ1v) is 11.6. The van der Waals surface area contributed by atoms with Gasteiger partial charge in [-0.2, -0.15) is 0 Å². The molecule has 0 aromatic heterocycles. The van der Waals surface area contributed by atoms with E-state index >= 15 is 0 Å². The number of thioether (sulfide) groups is 1. The largest absolute Gasteiger partial charge is 0.496 e. The van der Waals surface area contributed by atoms with E-state index in [1.807, 2.05) is 54.6 Å². The molecule has 1 aliphatic heterocycles. The van der Waals surface area contributed by atoms with Crippen LogP contribution in [0.15, 0.2) is 53.4 Å². The summed E-state index contributed by atoms with van der Waals surface area (Å²) < 4.78 is 5.35. The Balaban J connectivity index is 1.35. The summed E-state index contributed by atoms with van der Waals surface area (Å²) >= 11 is 7.67. The van der Waals surface area contributed by atoms with E-state index < -0.39 is 0 Å². The van der Waals surface area contributed by atoms with Crippen LogP contribution < -0.4 is 15.4 Å². The topological polar surface area (TPSA) is 67.4 Å². The third-order valence-corrected chi connectivity index (χ3v) is 7.43. The van der Waals surface area contributed by atoms with Gasteiger partial charge in [0.15, 0.2) is 0 Å². The predicted molar refractivity (Wildman–Crippen MR) is 125 cm³/mol. The number of carbonyl (C=O) groups excluding carboxylic acids is 2. The molecule has 4 rings (SSSR count). The molecule has 0 spiro atoms. The predicted octanol–water partition coefficient (Wildman–Crippen LogP) is 4.41. The molecule has 7 heteroatoms. The monoisotopic (exact) mass is 456 g/mol. The molecule has 0 bridgehead atoms. The number of halogens is 1. The zero-order valence-corrected chi connectivity index (χ0v) is 18.8. The highest BCUT2D eigenvalue weighted by Gasteiger charge is 2.39. The van der Waals surface area contributed by atoms with Crippen LogP contribution in [-0.4, -0.2) is 30.2 Å². The van der Waals surface area contributed by atoms with E-state index in [0.29, 0.717) is 22.9 Å². The number of hydrogen-bond acceptors (Lipinski definition) is 4. The third kappa shape index (κ3) is 5.25. The number of hydrogen-bond donors (Lipinski definition) is 2. The summed E-state index contributed by atoms with van der Waals surface area (Å²) in [7, 11) is 1.63. The minimum atomic E-state index is -0.102. The van der Waals surface area contributed by atoms with Crippen LogP contribution in [0, 0.1) is 5.92 Å². The van der Waals surface area contributed by atoms with Gasteiger partial charge in [-0.3, -0.25) is 9.59 Å². The standard InChI is InChI=1S/C24H25ClN2O3S/c1-30-20-8-3-2-6-17(20)14-26-23(28)16-9-10-21-19(13-16)27-24(29)22(31-21)12-15-5-4-7-18(25)11-15/h2-8,11-12,16,19,21H,9-10,13-14H2,1H3,(H,26,28)(H,27,29)/b22-12+. The van der Waals surface area contributed by atoms with E-state index in [2.05, 4.69) is 10.6 Å². The number of methoxy groups -OCH3 is 1. The zero-order valence-electron chi connectivity index (χ0n) is 17.3. The number of nitrogens with one attached hydrogen (secondary N) is 2. The van der Waals surface area contributed by atoms with Crippen LogP contribution in [0.25, 0.3) is 6.08 Å². The van der Waals surface area contributed by atoms with Crippen molar-refractivity contribution >= 4 is 41.3 Å². The van der Waals surface area contributed by atoms with Crippen molar-refractivity contribution < 1.29 is 14.3 Å². The third-order valence-electron chi connectivity index (χ3n) is 5.77. The average Bonchev–Trinajstić information content (AvgIpc) is 2.78. The Bertz CT molecular complexity index is 1010. The van der Waals surface area contributed by atoms with Gasteiger partial charge in [0.2, 0.25) is 5.91 Å². The summed E-state index contributed by atoms with van der Waals surface area (Å²) in [5.41, 5.74) is 1.86. The van der Waals surface area contributed by atoms with Gasteiger partial charge in [-0.1, -0.05) is 41.9 Å².